The molecule has 0 radical (unpaired) electrons. The van der Waals surface area contributed by atoms with Crippen molar-refractivity contribution in [3.63, 3.8) is 0 Å². The van der Waals surface area contributed by atoms with Crippen molar-refractivity contribution in [3.05, 3.63) is 95.8 Å². The molecule has 3 nitrogen and oxygen atoms in total. The van der Waals surface area contributed by atoms with Crippen LogP contribution in [0.2, 0.25) is 0 Å². The van der Waals surface area contributed by atoms with Crippen LogP contribution >= 0.6 is 0 Å². The Bertz CT molecular complexity index is 714. The van der Waals surface area contributed by atoms with Crippen LogP contribution in [0, 0.1) is 0 Å². The smallest absolute Gasteiger partial charge is 0.121 e. The van der Waals surface area contributed by atoms with Gasteiger partial charge in [-0.2, -0.15) is 0 Å². The highest BCUT2D eigenvalue weighted by Crippen LogP contribution is 2.24. The van der Waals surface area contributed by atoms with E-state index in [4.69, 9.17) is 4.74 Å². The number of aliphatic hydroxyl groups excluding tert-OH is 1. The second kappa shape index (κ2) is 6.87. The molecule has 1 unspecified atom stereocenters. The Labute approximate surface area is 129 Å². The van der Waals surface area contributed by atoms with Gasteiger partial charge in [-0.1, -0.05) is 48.5 Å². The second-order valence-electron chi connectivity index (χ2n) is 5.00. The fraction of sp³-hybridized carbons (Fsp3) is 0.105. The lowest BCUT2D eigenvalue weighted by Crippen LogP contribution is -2.02. The summed E-state index contributed by atoms with van der Waals surface area (Å²) in [5, 5.41) is 10.4. The van der Waals surface area contributed by atoms with E-state index in [0.717, 1.165) is 16.9 Å². The van der Waals surface area contributed by atoms with E-state index < -0.39 is 6.10 Å². The molecule has 0 fully saturated rings. The lowest BCUT2D eigenvalue weighted by Gasteiger charge is -2.12. The Morgan fingerprint density at radius 1 is 0.909 bits per heavy atom. The van der Waals surface area contributed by atoms with Gasteiger partial charge in [0.15, 0.2) is 0 Å². The van der Waals surface area contributed by atoms with Crippen LogP contribution in [0.25, 0.3) is 0 Å². The van der Waals surface area contributed by atoms with Gasteiger partial charge in [-0.3, -0.25) is 4.98 Å². The van der Waals surface area contributed by atoms with Crippen LogP contribution in [0.15, 0.2) is 79.0 Å². The molecule has 1 N–H and O–H groups in total. The van der Waals surface area contributed by atoms with Crippen LogP contribution < -0.4 is 4.74 Å². The van der Waals surface area contributed by atoms with Gasteiger partial charge >= 0.3 is 0 Å². The quantitative estimate of drug-likeness (QED) is 0.778. The van der Waals surface area contributed by atoms with Crippen molar-refractivity contribution in [2.45, 2.75) is 12.7 Å². The largest absolute Gasteiger partial charge is 0.489 e. The van der Waals surface area contributed by atoms with Gasteiger partial charge in [0.05, 0.1) is 5.69 Å². The minimum absolute atomic E-state index is 0.504. The maximum absolute atomic E-state index is 10.4. The third-order valence-electron chi connectivity index (χ3n) is 3.39. The van der Waals surface area contributed by atoms with E-state index in [1.54, 1.807) is 6.20 Å². The highest BCUT2D eigenvalue weighted by Gasteiger charge is 2.12. The Morgan fingerprint density at radius 2 is 1.73 bits per heavy atom. The molecule has 0 saturated carbocycles. The van der Waals surface area contributed by atoms with E-state index in [1.165, 1.54) is 0 Å². The molecule has 0 amide bonds. The zero-order valence-electron chi connectivity index (χ0n) is 12.1. The predicted octanol–water partition coefficient (Wildman–Crippen LogP) is 3.74. The van der Waals surface area contributed by atoms with Gasteiger partial charge in [0.2, 0.25) is 0 Å². The molecule has 0 spiro atoms. The molecule has 2 aromatic carbocycles. The SMILES string of the molecule is OC(c1cccc(OCc2ccccc2)c1)c1ccccn1. The number of hydrogen-bond acceptors (Lipinski definition) is 3. The van der Waals surface area contributed by atoms with E-state index in [2.05, 4.69) is 4.98 Å². The number of nitrogens with zero attached hydrogens (tertiary/aromatic N) is 1. The fourth-order valence-corrected chi connectivity index (χ4v) is 2.22. The monoisotopic (exact) mass is 291 g/mol. The molecule has 0 aliphatic rings. The molecule has 3 aromatic rings. The Morgan fingerprint density at radius 3 is 2.50 bits per heavy atom. The van der Waals surface area contributed by atoms with E-state index in [-0.39, 0.29) is 0 Å². The Balaban J connectivity index is 1.72. The zero-order valence-corrected chi connectivity index (χ0v) is 12.1. The summed E-state index contributed by atoms with van der Waals surface area (Å²) in [6.45, 7) is 0.504. The average Bonchev–Trinajstić information content (AvgIpc) is 2.61. The lowest BCUT2D eigenvalue weighted by molar-refractivity contribution is 0.214. The number of pyridine rings is 1. The summed E-state index contributed by atoms with van der Waals surface area (Å²) in [5.41, 5.74) is 2.50. The summed E-state index contributed by atoms with van der Waals surface area (Å²) in [5.74, 6) is 0.733. The molecule has 1 aromatic heterocycles. The first-order valence-electron chi connectivity index (χ1n) is 7.18. The molecule has 0 aliphatic heterocycles. The van der Waals surface area contributed by atoms with E-state index in [1.807, 2.05) is 72.8 Å². The molecule has 0 bridgehead atoms. The second-order valence-corrected chi connectivity index (χ2v) is 5.00. The Kier molecular flexibility index (Phi) is 4.47. The van der Waals surface area contributed by atoms with Crippen LogP contribution in [0.1, 0.15) is 22.9 Å². The number of aromatic nitrogens is 1. The van der Waals surface area contributed by atoms with Crippen LogP contribution in [0.3, 0.4) is 0 Å². The predicted molar refractivity (Wildman–Crippen MR) is 85.5 cm³/mol. The van der Waals surface area contributed by atoms with Crippen molar-refractivity contribution in [3.8, 4) is 5.75 Å². The van der Waals surface area contributed by atoms with Crippen molar-refractivity contribution in [1.82, 2.24) is 4.98 Å². The van der Waals surface area contributed by atoms with Crippen molar-refractivity contribution < 1.29 is 9.84 Å². The van der Waals surface area contributed by atoms with Crippen molar-refractivity contribution in [1.29, 1.82) is 0 Å². The van der Waals surface area contributed by atoms with Crippen molar-refractivity contribution >= 4 is 0 Å². The first-order chi connectivity index (χ1) is 10.8. The molecule has 22 heavy (non-hydrogen) atoms. The van der Waals surface area contributed by atoms with Crippen LogP contribution in [0.4, 0.5) is 0 Å². The molecule has 0 aliphatic carbocycles. The van der Waals surface area contributed by atoms with E-state index >= 15 is 0 Å². The van der Waals surface area contributed by atoms with Gasteiger partial charge in [-0.15, -0.1) is 0 Å². The number of hydrogen-bond donors (Lipinski definition) is 1. The first kappa shape index (κ1) is 14.3. The van der Waals surface area contributed by atoms with E-state index in [0.29, 0.717) is 12.3 Å². The maximum atomic E-state index is 10.4. The van der Waals surface area contributed by atoms with Gasteiger partial charge < -0.3 is 9.84 Å². The van der Waals surface area contributed by atoms with Crippen LogP contribution in [0.5, 0.6) is 5.75 Å². The van der Waals surface area contributed by atoms with Crippen LogP contribution in [-0.2, 0) is 6.61 Å². The van der Waals surface area contributed by atoms with Crippen molar-refractivity contribution in [2.24, 2.45) is 0 Å². The number of ether oxygens (including phenoxy) is 1. The third-order valence-corrected chi connectivity index (χ3v) is 3.39. The minimum atomic E-state index is -0.749. The maximum Gasteiger partial charge on any atom is 0.121 e. The topological polar surface area (TPSA) is 42.4 Å². The molecule has 0 saturated heterocycles. The summed E-state index contributed by atoms with van der Waals surface area (Å²) in [7, 11) is 0. The standard InChI is InChI=1S/C19H17NO2/c21-19(18-11-4-5-12-20-18)16-9-6-10-17(13-16)22-14-15-7-2-1-3-8-15/h1-13,19,21H,14H2. The molecule has 3 heteroatoms. The lowest BCUT2D eigenvalue weighted by atomic mass is 10.1. The summed E-state index contributed by atoms with van der Waals surface area (Å²) >= 11 is 0. The highest BCUT2D eigenvalue weighted by molar-refractivity contribution is 5.33. The van der Waals surface area contributed by atoms with Gasteiger partial charge in [0.1, 0.15) is 18.5 Å². The number of aliphatic hydroxyl groups is 1. The van der Waals surface area contributed by atoms with Crippen molar-refractivity contribution in [2.75, 3.05) is 0 Å². The summed E-state index contributed by atoms with van der Waals surface area (Å²) in [6.07, 6.45) is 0.926. The third kappa shape index (κ3) is 3.51. The normalized spacial score (nSPS) is 11.9. The molecule has 110 valence electrons. The molecule has 1 heterocycles. The average molecular weight is 291 g/mol. The fourth-order valence-electron chi connectivity index (χ4n) is 2.22. The summed E-state index contributed by atoms with van der Waals surface area (Å²) in [6, 6.07) is 23.0. The van der Waals surface area contributed by atoms with Gasteiger partial charge in [0.25, 0.3) is 0 Å². The number of benzene rings is 2. The first-order valence-corrected chi connectivity index (χ1v) is 7.18. The minimum Gasteiger partial charge on any atom is -0.489 e. The van der Waals surface area contributed by atoms with Gasteiger partial charge in [-0.05, 0) is 35.4 Å². The van der Waals surface area contributed by atoms with Gasteiger partial charge in [-0.25, -0.2) is 0 Å². The molecular weight excluding hydrogens is 274 g/mol. The Hall–Kier alpha value is -2.65. The summed E-state index contributed by atoms with van der Waals surface area (Å²) < 4.78 is 5.79. The van der Waals surface area contributed by atoms with Gasteiger partial charge in [0, 0.05) is 6.20 Å². The summed E-state index contributed by atoms with van der Waals surface area (Å²) in [4.78, 5) is 4.19. The molecule has 1 atom stereocenters. The molecular formula is C19H17NO2. The highest BCUT2D eigenvalue weighted by atomic mass is 16.5. The number of rotatable bonds is 5. The van der Waals surface area contributed by atoms with E-state index in [9.17, 15) is 5.11 Å². The van der Waals surface area contributed by atoms with Crippen LogP contribution in [-0.4, -0.2) is 10.1 Å². The zero-order chi connectivity index (χ0) is 15.2. The molecule has 3 rings (SSSR count).